The van der Waals surface area contributed by atoms with Gasteiger partial charge in [0, 0.05) is 37.3 Å². The van der Waals surface area contributed by atoms with Crippen LogP contribution in [0.25, 0.3) is 11.0 Å². The van der Waals surface area contributed by atoms with Gasteiger partial charge in [0.1, 0.15) is 6.10 Å². The maximum Gasteiger partial charge on any atom is 0.303 e. The summed E-state index contributed by atoms with van der Waals surface area (Å²) in [5.74, 6) is 0.526. The number of aromatic nitrogens is 2. The molecule has 1 amide bonds. The zero-order valence-corrected chi connectivity index (χ0v) is 23.0. The Morgan fingerprint density at radius 1 is 1.03 bits per heavy atom. The van der Waals surface area contributed by atoms with E-state index in [1.807, 2.05) is 48.5 Å². The van der Waals surface area contributed by atoms with Crippen LogP contribution in [0.4, 0.5) is 11.6 Å². The van der Waals surface area contributed by atoms with Crippen molar-refractivity contribution in [2.45, 2.75) is 71.9 Å². The van der Waals surface area contributed by atoms with Crippen molar-refractivity contribution < 1.29 is 14.3 Å². The molecular weight excluding hydrogens is 478 g/mol. The molecule has 1 aliphatic rings. The molecule has 0 bridgehead atoms. The molecule has 0 fully saturated rings. The van der Waals surface area contributed by atoms with Crippen LogP contribution >= 0.6 is 0 Å². The van der Waals surface area contributed by atoms with Gasteiger partial charge in [0.2, 0.25) is 11.9 Å². The van der Waals surface area contributed by atoms with Crippen LogP contribution in [0.3, 0.4) is 0 Å². The molecule has 2 aromatic carbocycles. The molecular formula is C30H41N5O3. The number of ether oxygens (including phenoxy) is 1. The number of rotatable bonds is 10. The summed E-state index contributed by atoms with van der Waals surface area (Å²) in [6, 6.07) is 16.1. The number of carbonyl (C=O) groups is 2. The molecule has 0 spiro atoms. The Balaban J connectivity index is 1.28. The van der Waals surface area contributed by atoms with Gasteiger partial charge in [-0.3, -0.25) is 9.59 Å². The van der Waals surface area contributed by atoms with Crippen molar-refractivity contribution in [3.8, 4) is 0 Å². The molecule has 8 nitrogen and oxygen atoms in total. The van der Waals surface area contributed by atoms with E-state index in [1.165, 1.54) is 6.92 Å². The third-order valence-corrected chi connectivity index (χ3v) is 7.15. The number of hydrogen-bond donors (Lipinski definition) is 3. The molecule has 8 heteroatoms. The minimum absolute atomic E-state index is 0.0142. The van der Waals surface area contributed by atoms with E-state index in [-0.39, 0.29) is 36.0 Å². The summed E-state index contributed by atoms with van der Waals surface area (Å²) < 4.78 is 5.69. The molecule has 38 heavy (non-hydrogen) atoms. The molecule has 0 aliphatic carbocycles. The monoisotopic (exact) mass is 519 g/mol. The summed E-state index contributed by atoms with van der Waals surface area (Å²) in [5, 5.41) is 6.46. The zero-order valence-electron chi connectivity index (χ0n) is 23.0. The zero-order chi connectivity index (χ0) is 27.1. The highest BCUT2D eigenvalue weighted by molar-refractivity contribution is 5.82. The lowest BCUT2D eigenvalue weighted by Crippen LogP contribution is -2.48. The fraction of sp³-hybridized carbons (Fsp3) is 0.500. The third kappa shape index (κ3) is 7.05. The number of hydrogen-bond acceptors (Lipinski definition) is 6. The number of para-hydroxylation sites is 3. The van der Waals surface area contributed by atoms with Crippen molar-refractivity contribution in [1.29, 1.82) is 0 Å². The van der Waals surface area contributed by atoms with Gasteiger partial charge in [-0.05, 0) is 55.7 Å². The van der Waals surface area contributed by atoms with Gasteiger partial charge in [0.05, 0.1) is 17.6 Å². The predicted octanol–water partition coefficient (Wildman–Crippen LogP) is 5.58. The Morgan fingerprint density at radius 3 is 2.53 bits per heavy atom. The smallest absolute Gasteiger partial charge is 0.303 e. The summed E-state index contributed by atoms with van der Waals surface area (Å²) in [7, 11) is 0. The van der Waals surface area contributed by atoms with Gasteiger partial charge in [-0.15, -0.1) is 0 Å². The highest BCUT2D eigenvalue weighted by atomic mass is 16.5. The Labute approximate surface area is 225 Å². The number of esters is 1. The number of fused-ring (bicyclic) bond motifs is 2. The van der Waals surface area contributed by atoms with Crippen LogP contribution in [0.1, 0.15) is 71.5 Å². The number of aromatic amines is 1. The summed E-state index contributed by atoms with van der Waals surface area (Å²) in [6.45, 7) is 9.82. The van der Waals surface area contributed by atoms with Gasteiger partial charge >= 0.3 is 5.97 Å². The minimum Gasteiger partial charge on any atom is -0.458 e. The van der Waals surface area contributed by atoms with Crippen molar-refractivity contribution in [3.63, 3.8) is 0 Å². The lowest BCUT2D eigenvalue weighted by atomic mass is 9.83. The standard InChI is InChI=1S/C30H41N5O3/c1-21(36)38-26-16-17-27(30(2,3)4)35(25-15-9-6-12-22(25)26)20-28(37)31-18-10-5-11-19-32-29-33-23-13-7-8-14-24(23)34-29/h6-9,12-15,26-27H,5,10-11,16-20H2,1-4H3,(H,31,37)(H2,32,33,34). The molecule has 1 aliphatic heterocycles. The van der Waals surface area contributed by atoms with Crippen molar-refractivity contribution in [3.05, 3.63) is 54.1 Å². The van der Waals surface area contributed by atoms with E-state index < -0.39 is 0 Å². The summed E-state index contributed by atoms with van der Waals surface area (Å²) in [4.78, 5) is 34.9. The summed E-state index contributed by atoms with van der Waals surface area (Å²) in [5.41, 5.74) is 3.88. The van der Waals surface area contributed by atoms with E-state index in [2.05, 4.69) is 46.3 Å². The van der Waals surface area contributed by atoms with Gasteiger partial charge in [-0.1, -0.05) is 51.1 Å². The lowest BCUT2D eigenvalue weighted by Gasteiger charge is -2.40. The minimum atomic E-state index is -0.296. The molecule has 4 rings (SSSR count). The van der Waals surface area contributed by atoms with Crippen LogP contribution in [-0.4, -0.2) is 47.5 Å². The van der Waals surface area contributed by atoms with E-state index in [0.717, 1.165) is 66.9 Å². The maximum absolute atomic E-state index is 13.1. The predicted molar refractivity (Wildman–Crippen MR) is 152 cm³/mol. The fourth-order valence-electron chi connectivity index (χ4n) is 5.34. The van der Waals surface area contributed by atoms with Gasteiger partial charge in [0.25, 0.3) is 0 Å². The second-order valence-electron chi connectivity index (χ2n) is 11.2. The maximum atomic E-state index is 13.1. The first kappa shape index (κ1) is 27.5. The molecule has 2 atom stereocenters. The van der Waals surface area contributed by atoms with E-state index in [9.17, 15) is 9.59 Å². The van der Waals surface area contributed by atoms with Gasteiger partial charge in [-0.2, -0.15) is 0 Å². The van der Waals surface area contributed by atoms with Gasteiger partial charge in [0.15, 0.2) is 0 Å². The largest absolute Gasteiger partial charge is 0.458 e. The molecule has 2 heterocycles. The molecule has 3 N–H and O–H groups in total. The number of H-pyrrole nitrogens is 1. The Bertz CT molecular complexity index is 1200. The molecule has 0 saturated carbocycles. The number of amides is 1. The first-order chi connectivity index (χ1) is 18.2. The van der Waals surface area contributed by atoms with Crippen LogP contribution in [0.15, 0.2) is 48.5 Å². The normalized spacial score (nSPS) is 17.5. The first-order valence-corrected chi connectivity index (χ1v) is 13.7. The Hall–Kier alpha value is -3.55. The summed E-state index contributed by atoms with van der Waals surface area (Å²) in [6.07, 6.45) is 4.20. The van der Waals surface area contributed by atoms with Crippen LogP contribution in [-0.2, 0) is 14.3 Å². The third-order valence-electron chi connectivity index (χ3n) is 7.15. The van der Waals surface area contributed by atoms with Crippen LogP contribution in [0.5, 0.6) is 0 Å². The number of unbranched alkanes of at least 4 members (excludes halogenated alkanes) is 2. The molecule has 0 saturated heterocycles. The molecule has 3 aromatic rings. The van der Waals surface area contributed by atoms with E-state index in [1.54, 1.807) is 0 Å². The lowest BCUT2D eigenvalue weighted by molar-refractivity contribution is -0.147. The highest BCUT2D eigenvalue weighted by Gasteiger charge is 2.37. The van der Waals surface area contributed by atoms with E-state index >= 15 is 0 Å². The van der Waals surface area contributed by atoms with Gasteiger partial charge in [-0.25, -0.2) is 4.98 Å². The number of carbonyl (C=O) groups excluding carboxylic acids is 2. The van der Waals surface area contributed by atoms with E-state index in [4.69, 9.17) is 4.74 Å². The molecule has 0 radical (unpaired) electrons. The second kappa shape index (κ2) is 12.3. The number of benzene rings is 2. The number of imidazole rings is 1. The quantitative estimate of drug-likeness (QED) is 0.239. The van der Waals surface area contributed by atoms with Crippen LogP contribution in [0, 0.1) is 5.41 Å². The Kier molecular flexibility index (Phi) is 8.92. The van der Waals surface area contributed by atoms with Crippen LogP contribution < -0.4 is 15.5 Å². The number of nitrogens with one attached hydrogen (secondary N) is 3. The summed E-state index contributed by atoms with van der Waals surface area (Å²) >= 11 is 0. The fourth-order valence-corrected chi connectivity index (χ4v) is 5.34. The van der Waals surface area contributed by atoms with Gasteiger partial charge < -0.3 is 25.3 Å². The van der Waals surface area contributed by atoms with Crippen molar-refractivity contribution in [2.24, 2.45) is 5.41 Å². The second-order valence-corrected chi connectivity index (χ2v) is 11.2. The van der Waals surface area contributed by atoms with Crippen LogP contribution in [0.2, 0.25) is 0 Å². The van der Waals surface area contributed by atoms with E-state index in [0.29, 0.717) is 6.54 Å². The SMILES string of the molecule is CC(=O)OC1CCC(C(C)(C)C)N(CC(=O)NCCCCCNc2nc3ccccc3[nH]2)c2ccccc21. The molecule has 1 aromatic heterocycles. The molecule has 204 valence electrons. The van der Waals surface area contributed by atoms with Crippen molar-refractivity contribution in [1.82, 2.24) is 15.3 Å². The Morgan fingerprint density at radius 2 is 1.76 bits per heavy atom. The number of nitrogens with zero attached hydrogens (tertiary/aromatic N) is 2. The first-order valence-electron chi connectivity index (χ1n) is 13.7. The average molecular weight is 520 g/mol. The topological polar surface area (TPSA) is 99.3 Å². The number of anilines is 2. The molecule has 2 unspecified atom stereocenters. The van der Waals surface area contributed by atoms with Crippen molar-refractivity contribution >= 4 is 34.5 Å². The van der Waals surface area contributed by atoms with Crippen molar-refractivity contribution in [2.75, 3.05) is 29.9 Å². The highest BCUT2D eigenvalue weighted by Crippen LogP contribution is 2.42. The average Bonchev–Trinajstić information content (AvgIpc) is 3.22.